The highest BCUT2D eigenvalue weighted by molar-refractivity contribution is 7.99. The summed E-state index contributed by atoms with van der Waals surface area (Å²) < 4.78 is 13.9. The lowest BCUT2D eigenvalue weighted by molar-refractivity contribution is 0.0898. The van der Waals surface area contributed by atoms with Gasteiger partial charge in [-0.3, -0.25) is 4.90 Å². The zero-order valence-corrected chi connectivity index (χ0v) is 17.9. The molecule has 0 saturated carbocycles. The lowest BCUT2D eigenvalue weighted by Gasteiger charge is -2.39. The number of rotatable bonds is 5. The van der Waals surface area contributed by atoms with Crippen molar-refractivity contribution in [3.05, 3.63) is 53.3 Å². The van der Waals surface area contributed by atoms with Gasteiger partial charge in [-0.15, -0.1) is 11.8 Å². The van der Waals surface area contributed by atoms with Gasteiger partial charge in [0.05, 0.1) is 0 Å². The van der Waals surface area contributed by atoms with Gasteiger partial charge in [0, 0.05) is 60.1 Å². The van der Waals surface area contributed by atoms with Crippen LogP contribution < -0.4 is 0 Å². The summed E-state index contributed by atoms with van der Waals surface area (Å²) in [6.07, 6.45) is 3.88. The largest absolute Gasteiger partial charge is 0.396 e. The molecule has 0 bridgehead atoms. The molecule has 4 rings (SSSR count). The molecule has 150 valence electrons. The highest BCUT2D eigenvalue weighted by atomic mass is 32.2. The Bertz CT molecular complexity index is 824. The fourth-order valence-corrected chi connectivity index (χ4v) is 5.74. The Labute approximate surface area is 175 Å². The van der Waals surface area contributed by atoms with Crippen LogP contribution in [0.25, 0.3) is 0 Å². The second-order valence-corrected chi connectivity index (χ2v) is 9.40. The Kier molecular flexibility index (Phi) is 6.63. The summed E-state index contributed by atoms with van der Waals surface area (Å²) in [5.74, 6) is -0.163. The molecule has 1 atom stereocenters. The van der Waals surface area contributed by atoms with Crippen LogP contribution in [0.3, 0.4) is 0 Å². The van der Waals surface area contributed by atoms with Crippen molar-refractivity contribution in [1.82, 2.24) is 9.80 Å². The van der Waals surface area contributed by atoms with E-state index in [0.29, 0.717) is 6.04 Å². The number of hydrogen-bond donors (Lipinski definition) is 1. The maximum Gasteiger partial charge on any atom is 0.124 e. The number of nitrogens with zero attached hydrogens (tertiary/aromatic N) is 2. The quantitative estimate of drug-likeness (QED) is 0.731. The van der Waals surface area contributed by atoms with E-state index in [4.69, 9.17) is 5.11 Å². The van der Waals surface area contributed by atoms with Crippen molar-refractivity contribution in [2.24, 2.45) is 0 Å². The summed E-state index contributed by atoms with van der Waals surface area (Å²) in [5, 5.41) is 9.09. The number of thioether (sulfide) groups is 1. The average molecular weight is 419 g/mol. The number of aliphatic hydroxyl groups is 1. The predicted molar refractivity (Wildman–Crippen MR) is 115 cm³/mol. The summed E-state index contributed by atoms with van der Waals surface area (Å²) >= 11 is 3.48. The van der Waals surface area contributed by atoms with Gasteiger partial charge in [0.1, 0.15) is 5.82 Å². The summed E-state index contributed by atoms with van der Waals surface area (Å²) in [6, 6.07) is 12.3. The predicted octanol–water partition coefficient (Wildman–Crippen LogP) is 4.30. The first-order chi connectivity index (χ1) is 13.7. The van der Waals surface area contributed by atoms with Gasteiger partial charge in [0.25, 0.3) is 0 Å². The normalized spacial score (nSPS) is 20.5. The van der Waals surface area contributed by atoms with Gasteiger partial charge in [-0.2, -0.15) is 0 Å². The fourth-order valence-electron chi connectivity index (χ4n) is 4.15. The molecule has 1 saturated heterocycles. The number of piperazine rings is 1. The lowest BCUT2D eigenvalue weighted by Crippen LogP contribution is -2.48. The van der Waals surface area contributed by atoms with E-state index in [1.807, 2.05) is 6.07 Å². The molecule has 0 aromatic heterocycles. The third-order valence-corrected chi connectivity index (χ3v) is 7.64. The van der Waals surface area contributed by atoms with Crippen LogP contribution in [0.4, 0.5) is 4.39 Å². The fraction of sp³-hybridized carbons (Fsp3) is 0.455. The summed E-state index contributed by atoms with van der Waals surface area (Å²) in [4.78, 5) is 8.61. The highest BCUT2D eigenvalue weighted by Gasteiger charge is 2.30. The highest BCUT2D eigenvalue weighted by Crippen LogP contribution is 2.44. The van der Waals surface area contributed by atoms with Gasteiger partial charge < -0.3 is 10.0 Å². The molecule has 2 heterocycles. The number of benzene rings is 2. The maximum atomic E-state index is 13.9. The van der Waals surface area contributed by atoms with E-state index in [-0.39, 0.29) is 12.4 Å². The molecular weight excluding hydrogens is 391 g/mol. The minimum Gasteiger partial charge on any atom is -0.396 e. The molecule has 0 amide bonds. The van der Waals surface area contributed by atoms with E-state index in [0.717, 1.165) is 50.5 Å². The first kappa shape index (κ1) is 20.2. The molecule has 2 aromatic rings. The average Bonchev–Trinajstić information content (AvgIpc) is 2.88. The molecule has 2 aromatic carbocycles. The molecule has 2 aliphatic rings. The molecule has 1 fully saturated rings. The van der Waals surface area contributed by atoms with Crippen LogP contribution in [0.15, 0.2) is 51.1 Å². The number of hydrogen-bond acceptors (Lipinski definition) is 5. The van der Waals surface area contributed by atoms with E-state index in [2.05, 4.69) is 34.3 Å². The third kappa shape index (κ3) is 4.41. The van der Waals surface area contributed by atoms with Crippen LogP contribution in [0.5, 0.6) is 0 Å². The van der Waals surface area contributed by atoms with Crippen molar-refractivity contribution < 1.29 is 9.50 Å². The van der Waals surface area contributed by atoms with Gasteiger partial charge in [0.15, 0.2) is 0 Å². The van der Waals surface area contributed by atoms with Gasteiger partial charge in [-0.25, -0.2) is 4.39 Å². The maximum absolute atomic E-state index is 13.9. The monoisotopic (exact) mass is 418 g/mol. The molecule has 6 heteroatoms. The Hall–Kier alpha value is -1.05. The van der Waals surface area contributed by atoms with Crippen LogP contribution in [0.1, 0.15) is 23.6 Å². The first-order valence-electron chi connectivity index (χ1n) is 9.89. The molecule has 28 heavy (non-hydrogen) atoms. The van der Waals surface area contributed by atoms with Crippen molar-refractivity contribution in [3.63, 3.8) is 0 Å². The van der Waals surface area contributed by atoms with E-state index in [9.17, 15) is 4.39 Å². The molecule has 2 aliphatic heterocycles. The molecule has 0 aliphatic carbocycles. The van der Waals surface area contributed by atoms with Crippen LogP contribution in [0.2, 0.25) is 0 Å². The number of fused-ring (bicyclic) bond motifs is 2. The van der Waals surface area contributed by atoms with Crippen molar-refractivity contribution in [1.29, 1.82) is 0 Å². The van der Waals surface area contributed by atoms with Gasteiger partial charge in [-0.1, -0.05) is 17.8 Å². The number of aliphatic hydroxyl groups excluding tert-OH is 1. The molecule has 0 radical (unpaired) electrons. The van der Waals surface area contributed by atoms with Gasteiger partial charge in [-0.05, 0) is 60.6 Å². The first-order valence-corrected chi connectivity index (χ1v) is 11.9. The molecule has 0 unspecified atom stereocenters. The lowest BCUT2D eigenvalue weighted by atomic mass is 9.96. The van der Waals surface area contributed by atoms with Crippen molar-refractivity contribution in [3.8, 4) is 0 Å². The Morgan fingerprint density at radius 2 is 1.93 bits per heavy atom. The summed E-state index contributed by atoms with van der Waals surface area (Å²) in [7, 11) is 0. The molecule has 0 spiro atoms. The topological polar surface area (TPSA) is 26.7 Å². The molecule has 3 nitrogen and oxygen atoms in total. The Morgan fingerprint density at radius 3 is 2.68 bits per heavy atom. The minimum atomic E-state index is -0.163. The van der Waals surface area contributed by atoms with Gasteiger partial charge >= 0.3 is 0 Å². The SMILES string of the molecule is CSc1ccc2c(c1)[C@H](N1CCN(CCCO)CC1)Cc1ccc(F)cc1S2. The zero-order valence-electron chi connectivity index (χ0n) is 16.2. The second-order valence-electron chi connectivity index (χ2n) is 7.43. The van der Waals surface area contributed by atoms with Gasteiger partial charge in [0.2, 0.25) is 0 Å². The second kappa shape index (κ2) is 9.18. The molecule has 1 N–H and O–H groups in total. The van der Waals surface area contributed by atoms with E-state index in [1.165, 1.54) is 20.9 Å². The minimum absolute atomic E-state index is 0.163. The van der Waals surface area contributed by atoms with Crippen molar-refractivity contribution in [2.45, 2.75) is 33.6 Å². The Balaban J connectivity index is 1.63. The summed E-state index contributed by atoms with van der Waals surface area (Å²) in [6.45, 7) is 5.37. The zero-order chi connectivity index (χ0) is 19.5. The third-order valence-electron chi connectivity index (χ3n) is 5.72. The Morgan fingerprint density at radius 1 is 1.11 bits per heavy atom. The van der Waals surface area contributed by atoms with Crippen LogP contribution in [0, 0.1) is 5.82 Å². The van der Waals surface area contributed by atoms with E-state index in [1.54, 1.807) is 35.7 Å². The van der Waals surface area contributed by atoms with Crippen molar-refractivity contribution in [2.75, 3.05) is 45.6 Å². The van der Waals surface area contributed by atoms with Crippen LogP contribution in [-0.2, 0) is 6.42 Å². The van der Waals surface area contributed by atoms with E-state index >= 15 is 0 Å². The summed E-state index contributed by atoms with van der Waals surface area (Å²) in [5.41, 5.74) is 2.61. The van der Waals surface area contributed by atoms with Crippen LogP contribution in [-0.4, -0.2) is 60.5 Å². The van der Waals surface area contributed by atoms with E-state index < -0.39 is 0 Å². The number of halogens is 1. The smallest absolute Gasteiger partial charge is 0.124 e. The van der Waals surface area contributed by atoms with Crippen LogP contribution >= 0.6 is 23.5 Å². The molecular formula is C22H27FN2OS2. The van der Waals surface area contributed by atoms with Crippen molar-refractivity contribution >= 4 is 23.5 Å². The standard InChI is InChI=1S/C22H27FN2OS2/c1-27-18-5-6-21-19(15-18)20(13-16-3-4-17(23)14-22(16)28-21)25-10-8-24(9-11-25)7-2-12-26/h3-6,14-15,20,26H,2,7-13H2,1H3/t20-/m1/s1.